The second-order valence-corrected chi connectivity index (χ2v) is 3.35. The Kier molecular flexibility index (Phi) is 3.36. The summed E-state index contributed by atoms with van der Waals surface area (Å²) in [5.74, 6) is 0.581. The summed E-state index contributed by atoms with van der Waals surface area (Å²) in [6, 6.07) is 3.45. The van der Waals surface area contributed by atoms with Gasteiger partial charge in [-0.1, -0.05) is 11.6 Å². The van der Waals surface area contributed by atoms with Crippen LogP contribution in [0.5, 0.6) is 5.75 Å². The van der Waals surface area contributed by atoms with Crippen LogP contribution in [0.1, 0.15) is 18.1 Å². The zero-order valence-electron chi connectivity index (χ0n) is 8.23. The van der Waals surface area contributed by atoms with Crippen molar-refractivity contribution < 1.29 is 4.74 Å². The van der Waals surface area contributed by atoms with Gasteiger partial charge in [-0.15, -0.1) is 0 Å². The second-order valence-electron chi connectivity index (χ2n) is 2.94. The fourth-order valence-corrected chi connectivity index (χ4v) is 1.30. The van der Waals surface area contributed by atoms with E-state index in [1.54, 1.807) is 12.1 Å². The summed E-state index contributed by atoms with van der Waals surface area (Å²) in [4.78, 5) is 0. The van der Waals surface area contributed by atoms with Gasteiger partial charge in [-0.05, 0) is 31.5 Å². The topological polar surface area (TPSA) is 59.1 Å². The van der Waals surface area contributed by atoms with E-state index in [0.717, 1.165) is 5.56 Å². The zero-order chi connectivity index (χ0) is 10.7. The third-order valence-corrected chi connectivity index (χ3v) is 2.26. The highest BCUT2D eigenvalue weighted by Crippen LogP contribution is 2.26. The van der Waals surface area contributed by atoms with Crippen LogP contribution in [0.25, 0.3) is 0 Å². The predicted molar refractivity (Wildman–Crippen MR) is 58.4 cm³/mol. The molecule has 0 radical (unpaired) electrons. The minimum Gasteiger partial charge on any atom is -0.493 e. The van der Waals surface area contributed by atoms with Crippen molar-refractivity contribution in [3.63, 3.8) is 0 Å². The van der Waals surface area contributed by atoms with Crippen LogP contribution >= 0.6 is 11.6 Å². The molecule has 0 aromatic heterocycles. The molecule has 0 saturated carbocycles. The van der Waals surface area contributed by atoms with Crippen LogP contribution in [0.4, 0.5) is 0 Å². The van der Waals surface area contributed by atoms with E-state index in [-0.39, 0.29) is 5.84 Å². The molecule has 0 fully saturated rings. The third kappa shape index (κ3) is 2.17. The smallest absolute Gasteiger partial charge is 0.130 e. The molecule has 1 rings (SSSR count). The molecule has 0 bridgehead atoms. The maximum Gasteiger partial charge on any atom is 0.130 e. The number of nitrogens with two attached hydrogens (primary N) is 1. The molecule has 0 spiro atoms. The molecular weight excluding hydrogens is 200 g/mol. The third-order valence-electron chi connectivity index (χ3n) is 1.85. The van der Waals surface area contributed by atoms with E-state index in [2.05, 4.69) is 0 Å². The fourth-order valence-electron chi connectivity index (χ4n) is 1.14. The summed E-state index contributed by atoms with van der Waals surface area (Å²) in [6.07, 6.45) is 0. The standard InChI is InChI=1S/C10H13ClN2O/c1-3-14-9-4-6(2)8(11)5-7(9)10(12)13/h4-5H,3H2,1-2H3,(H3,12,13). The molecule has 0 atom stereocenters. The average molecular weight is 213 g/mol. The van der Waals surface area contributed by atoms with Crippen molar-refractivity contribution in [1.82, 2.24) is 0 Å². The van der Waals surface area contributed by atoms with Crippen molar-refractivity contribution >= 4 is 17.4 Å². The Morgan fingerprint density at radius 1 is 1.57 bits per heavy atom. The van der Waals surface area contributed by atoms with Crippen LogP contribution in [0.3, 0.4) is 0 Å². The number of ether oxygens (including phenoxy) is 1. The second kappa shape index (κ2) is 4.33. The van der Waals surface area contributed by atoms with Gasteiger partial charge in [-0.3, -0.25) is 5.41 Å². The summed E-state index contributed by atoms with van der Waals surface area (Å²) >= 11 is 5.92. The van der Waals surface area contributed by atoms with E-state index < -0.39 is 0 Å². The highest BCUT2D eigenvalue weighted by atomic mass is 35.5. The molecule has 0 amide bonds. The van der Waals surface area contributed by atoms with Crippen LogP contribution in [-0.2, 0) is 0 Å². The largest absolute Gasteiger partial charge is 0.493 e. The highest BCUT2D eigenvalue weighted by molar-refractivity contribution is 6.31. The molecule has 14 heavy (non-hydrogen) atoms. The van der Waals surface area contributed by atoms with Crippen molar-refractivity contribution in [2.45, 2.75) is 13.8 Å². The lowest BCUT2D eigenvalue weighted by Gasteiger charge is -2.10. The Morgan fingerprint density at radius 3 is 2.71 bits per heavy atom. The molecule has 0 aliphatic heterocycles. The Bertz CT molecular complexity index is 363. The van der Waals surface area contributed by atoms with E-state index in [0.29, 0.717) is 22.9 Å². The minimum absolute atomic E-state index is 0.0321. The lowest BCUT2D eigenvalue weighted by atomic mass is 10.1. The molecule has 1 aromatic rings. The van der Waals surface area contributed by atoms with Gasteiger partial charge >= 0.3 is 0 Å². The lowest BCUT2D eigenvalue weighted by molar-refractivity contribution is 0.339. The maximum absolute atomic E-state index is 7.36. The zero-order valence-corrected chi connectivity index (χ0v) is 8.98. The van der Waals surface area contributed by atoms with Gasteiger partial charge < -0.3 is 10.5 Å². The molecular formula is C10H13ClN2O. The van der Waals surface area contributed by atoms with Gasteiger partial charge in [0.2, 0.25) is 0 Å². The molecule has 0 heterocycles. The summed E-state index contributed by atoms with van der Waals surface area (Å²) in [6.45, 7) is 4.31. The first-order valence-corrected chi connectivity index (χ1v) is 4.71. The molecule has 3 N–H and O–H groups in total. The first-order valence-electron chi connectivity index (χ1n) is 4.33. The first kappa shape index (κ1) is 10.9. The first-order chi connectivity index (χ1) is 6.56. The molecule has 76 valence electrons. The van der Waals surface area contributed by atoms with Crippen molar-refractivity contribution in [3.8, 4) is 5.75 Å². The number of nitrogen functional groups attached to an aromatic ring is 1. The number of aryl methyl sites for hydroxylation is 1. The van der Waals surface area contributed by atoms with Crippen molar-refractivity contribution in [1.29, 1.82) is 5.41 Å². The Hall–Kier alpha value is -1.22. The summed E-state index contributed by atoms with van der Waals surface area (Å²) in [5.41, 5.74) is 6.87. The van der Waals surface area contributed by atoms with Crippen LogP contribution in [0.2, 0.25) is 5.02 Å². The Morgan fingerprint density at radius 2 is 2.21 bits per heavy atom. The Labute approximate surface area is 88.3 Å². The predicted octanol–water partition coefficient (Wildman–Crippen LogP) is 2.33. The van der Waals surface area contributed by atoms with Crippen LogP contribution in [-0.4, -0.2) is 12.4 Å². The van der Waals surface area contributed by atoms with Gasteiger partial charge in [0, 0.05) is 5.02 Å². The number of nitrogens with one attached hydrogen (secondary N) is 1. The molecule has 3 nitrogen and oxygen atoms in total. The van der Waals surface area contributed by atoms with Crippen molar-refractivity contribution in [2.24, 2.45) is 5.73 Å². The fraction of sp³-hybridized carbons (Fsp3) is 0.300. The average Bonchev–Trinajstić information content (AvgIpc) is 2.11. The number of rotatable bonds is 3. The summed E-state index contributed by atoms with van der Waals surface area (Å²) in [7, 11) is 0. The van der Waals surface area contributed by atoms with Crippen LogP contribution < -0.4 is 10.5 Å². The van der Waals surface area contributed by atoms with Gasteiger partial charge in [0.05, 0.1) is 12.2 Å². The molecule has 1 aromatic carbocycles. The minimum atomic E-state index is -0.0321. The molecule has 0 saturated heterocycles. The number of hydrogen-bond acceptors (Lipinski definition) is 2. The molecule has 4 heteroatoms. The van der Waals surface area contributed by atoms with Crippen molar-refractivity contribution in [3.05, 3.63) is 28.3 Å². The van der Waals surface area contributed by atoms with E-state index in [4.69, 9.17) is 27.5 Å². The summed E-state index contributed by atoms with van der Waals surface area (Å²) < 4.78 is 5.35. The van der Waals surface area contributed by atoms with Gasteiger partial charge in [0.25, 0.3) is 0 Å². The molecule has 0 aliphatic carbocycles. The van der Waals surface area contributed by atoms with Crippen molar-refractivity contribution in [2.75, 3.05) is 6.61 Å². The van der Waals surface area contributed by atoms with Gasteiger partial charge in [-0.2, -0.15) is 0 Å². The molecule has 0 aliphatic rings. The SMILES string of the molecule is CCOc1cc(C)c(Cl)cc1C(=N)N. The quantitative estimate of drug-likeness (QED) is 0.597. The normalized spacial score (nSPS) is 9.93. The monoisotopic (exact) mass is 212 g/mol. The van der Waals surface area contributed by atoms with E-state index in [9.17, 15) is 0 Å². The summed E-state index contributed by atoms with van der Waals surface area (Å²) in [5, 5.41) is 7.96. The van der Waals surface area contributed by atoms with E-state index >= 15 is 0 Å². The highest BCUT2D eigenvalue weighted by Gasteiger charge is 2.09. The lowest BCUT2D eigenvalue weighted by Crippen LogP contribution is -2.13. The van der Waals surface area contributed by atoms with Gasteiger partial charge in [0.15, 0.2) is 0 Å². The van der Waals surface area contributed by atoms with E-state index in [1.807, 2.05) is 13.8 Å². The number of halogens is 1. The van der Waals surface area contributed by atoms with Crippen LogP contribution in [0.15, 0.2) is 12.1 Å². The van der Waals surface area contributed by atoms with Gasteiger partial charge in [0.1, 0.15) is 11.6 Å². The van der Waals surface area contributed by atoms with Crippen LogP contribution in [0, 0.1) is 12.3 Å². The number of benzene rings is 1. The van der Waals surface area contributed by atoms with Gasteiger partial charge in [-0.25, -0.2) is 0 Å². The number of hydrogen-bond donors (Lipinski definition) is 2. The Balaban J connectivity index is 3.24. The number of amidine groups is 1. The molecule has 0 unspecified atom stereocenters. The van der Waals surface area contributed by atoms with E-state index in [1.165, 1.54) is 0 Å². The maximum atomic E-state index is 7.36.